The van der Waals surface area contributed by atoms with Gasteiger partial charge in [-0.1, -0.05) is 0 Å². The average molecular weight is 277 g/mol. The number of benzene rings is 1. The van der Waals surface area contributed by atoms with Crippen molar-refractivity contribution in [2.45, 2.75) is 26.4 Å². The Morgan fingerprint density at radius 3 is 2.55 bits per heavy atom. The Labute approximate surface area is 120 Å². The highest BCUT2D eigenvalue weighted by molar-refractivity contribution is 5.94. The third-order valence-electron chi connectivity index (χ3n) is 3.55. The maximum absolute atomic E-state index is 11.2. The Morgan fingerprint density at radius 1 is 1.30 bits per heavy atom. The van der Waals surface area contributed by atoms with Crippen molar-refractivity contribution in [3.05, 3.63) is 29.8 Å². The van der Waals surface area contributed by atoms with Crippen molar-refractivity contribution in [3.63, 3.8) is 0 Å². The Hall–Kier alpha value is -1.39. The minimum Gasteiger partial charge on any atom is -0.491 e. The molecule has 1 heterocycles. The zero-order valence-corrected chi connectivity index (χ0v) is 12.3. The van der Waals surface area contributed by atoms with Gasteiger partial charge in [-0.3, -0.25) is 9.69 Å². The molecular formula is C16H23NO3. The van der Waals surface area contributed by atoms with Crippen LogP contribution < -0.4 is 4.74 Å². The number of hydrogen-bond acceptors (Lipinski definition) is 4. The van der Waals surface area contributed by atoms with Gasteiger partial charge in [0.25, 0.3) is 0 Å². The molecule has 1 aromatic rings. The number of carbonyl (C=O) groups excluding carboxylic acids is 1. The smallest absolute Gasteiger partial charge is 0.159 e. The van der Waals surface area contributed by atoms with Crippen molar-refractivity contribution in [2.75, 3.05) is 32.8 Å². The van der Waals surface area contributed by atoms with Gasteiger partial charge < -0.3 is 9.47 Å². The molecule has 1 atom stereocenters. The summed E-state index contributed by atoms with van der Waals surface area (Å²) in [6, 6.07) is 7.35. The van der Waals surface area contributed by atoms with Crippen LogP contribution in [0.5, 0.6) is 5.75 Å². The number of ketones is 1. The molecule has 1 saturated heterocycles. The number of rotatable bonds is 6. The van der Waals surface area contributed by atoms with Crippen LogP contribution >= 0.6 is 0 Å². The van der Waals surface area contributed by atoms with E-state index >= 15 is 0 Å². The van der Waals surface area contributed by atoms with E-state index in [9.17, 15) is 4.79 Å². The number of nitrogens with zero attached hydrogens (tertiary/aromatic N) is 1. The summed E-state index contributed by atoms with van der Waals surface area (Å²) in [5.41, 5.74) is 0.721. The van der Waals surface area contributed by atoms with Crippen molar-refractivity contribution < 1.29 is 14.3 Å². The first-order valence-corrected chi connectivity index (χ1v) is 7.23. The van der Waals surface area contributed by atoms with Gasteiger partial charge in [0.15, 0.2) is 5.78 Å². The van der Waals surface area contributed by atoms with E-state index < -0.39 is 0 Å². The zero-order chi connectivity index (χ0) is 14.4. The number of morpholine rings is 1. The van der Waals surface area contributed by atoms with Crippen LogP contribution in [0.4, 0.5) is 0 Å². The first kappa shape index (κ1) is 15.0. The molecule has 0 N–H and O–H groups in total. The van der Waals surface area contributed by atoms with E-state index in [0.29, 0.717) is 0 Å². The molecule has 1 aromatic carbocycles. The van der Waals surface area contributed by atoms with Gasteiger partial charge in [-0.25, -0.2) is 0 Å². The second kappa shape index (κ2) is 7.41. The van der Waals surface area contributed by atoms with Crippen LogP contribution in [0.3, 0.4) is 0 Å². The predicted octanol–water partition coefficient (Wildman–Crippen LogP) is 2.38. The van der Waals surface area contributed by atoms with E-state index in [-0.39, 0.29) is 11.9 Å². The van der Waals surface area contributed by atoms with E-state index in [1.54, 1.807) is 6.92 Å². The average Bonchev–Trinajstić information content (AvgIpc) is 2.47. The molecule has 0 saturated carbocycles. The Balaban J connectivity index is 1.75. The summed E-state index contributed by atoms with van der Waals surface area (Å²) in [5.74, 6) is 0.904. The summed E-state index contributed by atoms with van der Waals surface area (Å²) >= 11 is 0. The van der Waals surface area contributed by atoms with Crippen LogP contribution in [0.25, 0.3) is 0 Å². The third-order valence-corrected chi connectivity index (χ3v) is 3.55. The fourth-order valence-electron chi connectivity index (χ4n) is 2.25. The van der Waals surface area contributed by atoms with E-state index in [1.807, 2.05) is 24.3 Å². The van der Waals surface area contributed by atoms with Crippen molar-refractivity contribution in [3.8, 4) is 5.75 Å². The van der Waals surface area contributed by atoms with Crippen LogP contribution in [0.15, 0.2) is 24.3 Å². The normalized spacial score (nSPS) is 17.7. The van der Waals surface area contributed by atoms with Gasteiger partial charge in [-0.15, -0.1) is 0 Å². The molecule has 0 aromatic heterocycles. The molecule has 1 fully saturated rings. The molecule has 0 spiro atoms. The summed E-state index contributed by atoms with van der Waals surface area (Å²) in [5, 5.41) is 0. The second-order valence-corrected chi connectivity index (χ2v) is 5.25. The van der Waals surface area contributed by atoms with Crippen molar-refractivity contribution in [2.24, 2.45) is 0 Å². The van der Waals surface area contributed by atoms with E-state index in [0.717, 1.165) is 50.6 Å². The van der Waals surface area contributed by atoms with E-state index in [1.165, 1.54) is 0 Å². The van der Waals surface area contributed by atoms with Crippen LogP contribution in [0.2, 0.25) is 0 Å². The van der Waals surface area contributed by atoms with Gasteiger partial charge in [0, 0.05) is 25.2 Å². The minimum absolute atomic E-state index is 0.0805. The second-order valence-electron chi connectivity index (χ2n) is 5.25. The van der Waals surface area contributed by atoms with E-state index in [4.69, 9.17) is 9.47 Å². The summed E-state index contributed by atoms with van der Waals surface area (Å²) in [6.07, 6.45) is 1.16. The largest absolute Gasteiger partial charge is 0.491 e. The lowest BCUT2D eigenvalue weighted by Crippen LogP contribution is -2.38. The molecule has 0 aliphatic carbocycles. The number of Topliss-reactive ketones (excluding diaryl/α,β-unsaturated/α-hetero) is 1. The molecule has 20 heavy (non-hydrogen) atoms. The molecule has 0 bridgehead atoms. The van der Waals surface area contributed by atoms with Crippen LogP contribution in [0.1, 0.15) is 30.6 Å². The third kappa shape index (κ3) is 4.62. The maximum Gasteiger partial charge on any atom is 0.159 e. The monoisotopic (exact) mass is 277 g/mol. The van der Waals surface area contributed by atoms with Crippen LogP contribution in [0, 0.1) is 0 Å². The lowest BCUT2D eigenvalue weighted by atomic mass is 10.1. The molecule has 1 aliphatic heterocycles. The first-order chi connectivity index (χ1) is 9.65. The first-order valence-electron chi connectivity index (χ1n) is 7.23. The van der Waals surface area contributed by atoms with E-state index in [2.05, 4.69) is 11.8 Å². The molecule has 0 amide bonds. The minimum atomic E-state index is 0.0805. The maximum atomic E-state index is 11.2. The molecule has 4 heteroatoms. The summed E-state index contributed by atoms with van der Waals surface area (Å²) in [6.45, 7) is 8.39. The SMILES string of the molecule is CC(=O)c1ccc(OC(C)CCN2CCOCC2)cc1. The van der Waals surface area contributed by atoms with Gasteiger partial charge >= 0.3 is 0 Å². The Morgan fingerprint density at radius 2 is 1.95 bits per heavy atom. The number of hydrogen-bond donors (Lipinski definition) is 0. The zero-order valence-electron chi connectivity index (χ0n) is 12.3. The summed E-state index contributed by atoms with van der Waals surface area (Å²) in [4.78, 5) is 13.6. The molecule has 1 aliphatic rings. The predicted molar refractivity (Wildman–Crippen MR) is 78.4 cm³/mol. The quantitative estimate of drug-likeness (QED) is 0.748. The van der Waals surface area contributed by atoms with Gasteiger partial charge in [0.1, 0.15) is 5.75 Å². The Bertz CT molecular complexity index is 424. The van der Waals surface area contributed by atoms with Gasteiger partial charge in [0.05, 0.1) is 19.3 Å². The fraction of sp³-hybridized carbons (Fsp3) is 0.562. The van der Waals surface area contributed by atoms with Crippen LogP contribution in [-0.4, -0.2) is 49.6 Å². The highest BCUT2D eigenvalue weighted by atomic mass is 16.5. The fourth-order valence-corrected chi connectivity index (χ4v) is 2.25. The molecule has 4 nitrogen and oxygen atoms in total. The highest BCUT2D eigenvalue weighted by Gasteiger charge is 2.12. The van der Waals surface area contributed by atoms with Crippen molar-refractivity contribution >= 4 is 5.78 Å². The van der Waals surface area contributed by atoms with Crippen LogP contribution in [-0.2, 0) is 4.74 Å². The number of carbonyl (C=O) groups is 1. The van der Waals surface area contributed by atoms with Gasteiger partial charge in [0.2, 0.25) is 0 Å². The molecule has 2 rings (SSSR count). The molecule has 110 valence electrons. The van der Waals surface area contributed by atoms with Gasteiger partial charge in [-0.05, 0) is 44.5 Å². The standard InChI is InChI=1S/C16H23NO3/c1-13(7-8-17-9-11-19-12-10-17)20-16-5-3-15(4-6-16)14(2)18/h3-6,13H,7-12H2,1-2H3. The lowest BCUT2D eigenvalue weighted by molar-refractivity contribution is 0.0327. The van der Waals surface area contributed by atoms with Crippen molar-refractivity contribution in [1.29, 1.82) is 0 Å². The molecule has 1 unspecified atom stereocenters. The molecular weight excluding hydrogens is 254 g/mol. The number of ether oxygens (including phenoxy) is 2. The van der Waals surface area contributed by atoms with Crippen molar-refractivity contribution in [1.82, 2.24) is 4.90 Å². The Kier molecular flexibility index (Phi) is 5.56. The summed E-state index contributed by atoms with van der Waals surface area (Å²) < 4.78 is 11.2. The topological polar surface area (TPSA) is 38.8 Å². The molecule has 0 radical (unpaired) electrons. The highest BCUT2D eigenvalue weighted by Crippen LogP contribution is 2.15. The lowest BCUT2D eigenvalue weighted by Gasteiger charge is -2.27. The van der Waals surface area contributed by atoms with Gasteiger partial charge in [-0.2, -0.15) is 0 Å². The summed E-state index contributed by atoms with van der Waals surface area (Å²) in [7, 11) is 0.